The normalized spacial score (nSPS) is 17.2. The first-order chi connectivity index (χ1) is 12.1. The van der Waals surface area contributed by atoms with E-state index in [9.17, 15) is 9.59 Å². The molecule has 3 aromatic heterocycles. The third-order valence-corrected chi connectivity index (χ3v) is 5.26. The molecule has 3 aromatic rings. The molecule has 0 unspecified atom stereocenters. The van der Waals surface area contributed by atoms with Crippen LogP contribution in [0.1, 0.15) is 41.3 Å². The summed E-state index contributed by atoms with van der Waals surface area (Å²) in [4.78, 5) is 26.6. The lowest BCUT2D eigenvalue weighted by Gasteiger charge is -2.22. The van der Waals surface area contributed by atoms with Gasteiger partial charge in [0, 0.05) is 19.7 Å². The molecule has 128 valence electrons. The maximum atomic E-state index is 13.0. The number of anilines is 1. The van der Waals surface area contributed by atoms with Crippen LogP contribution in [0.4, 0.5) is 5.00 Å². The van der Waals surface area contributed by atoms with Crippen molar-refractivity contribution in [2.45, 2.75) is 25.8 Å². The number of nitrogens with zero attached hydrogens (tertiary/aromatic N) is 4. The number of nitrogens with one attached hydrogen (secondary N) is 1. The van der Waals surface area contributed by atoms with Gasteiger partial charge in [-0.25, -0.2) is 0 Å². The summed E-state index contributed by atoms with van der Waals surface area (Å²) in [5, 5.41) is 11.9. The molecule has 1 atom stereocenters. The molecule has 0 radical (unpaired) electrons. The monoisotopic (exact) mass is 355 g/mol. The average Bonchev–Trinajstić information content (AvgIpc) is 3.32. The van der Waals surface area contributed by atoms with Crippen molar-refractivity contribution < 1.29 is 9.59 Å². The summed E-state index contributed by atoms with van der Waals surface area (Å²) in [5.74, 6) is 0.617. The zero-order chi connectivity index (χ0) is 17.4. The van der Waals surface area contributed by atoms with Gasteiger partial charge in [-0.3, -0.25) is 14.0 Å². The first kappa shape index (κ1) is 15.8. The quantitative estimate of drug-likeness (QED) is 0.783. The number of thiophene rings is 1. The van der Waals surface area contributed by atoms with Crippen LogP contribution >= 0.6 is 11.3 Å². The minimum atomic E-state index is -0.144. The molecule has 0 aromatic carbocycles. The molecule has 0 bridgehead atoms. The Morgan fingerprint density at radius 1 is 1.24 bits per heavy atom. The highest BCUT2D eigenvalue weighted by molar-refractivity contribution is 7.18. The standard InChI is InChI=1S/C17H17N5O2S/c1-11(23)18-15-8-7-13(25-15)17(24)21-10-4-5-12(21)16-20-19-14-6-2-3-9-22(14)16/h2-3,6-9,12H,4-5,10H2,1H3,(H,18,23)/t12-/m1/s1. The number of hydrogen-bond acceptors (Lipinski definition) is 5. The highest BCUT2D eigenvalue weighted by atomic mass is 32.1. The van der Waals surface area contributed by atoms with Crippen LogP contribution in [0.3, 0.4) is 0 Å². The van der Waals surface area contributed by atoms with Crippen molar-refractivity contribution in [2.24, 2.45) is 0 Å². The van der Waals surface area contributed by atoms with Crippen molar-refractivity contribution in [3.8, 4) is 0 Å². The van der Waals surface area contributed by atoms with Gasteiger partial charge in [0.25, 0.3) is 5.91 Å². The Hall–Kier alpha value is -2.74. The number of rotatable bonds is 3. The average molecular weight is 355 g/mol. The highest BCUT2D eigenvalue weighted by Gasteiger charge is 2.34. The Balaban J connectivity index is 1.62. The van der Waals surface area contributed by atoms with E-state index in [1.165, 1.54) is 18.3 Å². The van der Waals surface area contributed by atoms with E-state index >= 15 is 0 Å². The van der Waals surface area contributed by atoms with Gasteiger partial charge in [-0.2, -0.15) is 0 Å². The second-order valence-electron chi connectivity index (χ2n) is 5.99. The lowest BCUT2D eigenvalue weighted by Crippen LogP contribution is -2.31. The molecular weight excluding hydrogens is 338 g/mol. The second kappa shape index (κ2) is 6.29. The number of fused-ring (bicyclic) bond motifs is 1. The number of likely N-dealkylation sites (tertiary alicyclic amines) is 1. The van der Waals surface area contributed by atoms with Crippen LogP contribution in [0.2, 0.25) is 0 Å². The summed E-state index contributed by atoms with van der Waals surface area (Å²) in [7, 11) is 0. The predicted octanol–water partition coefficient (Wildman–Crippen LogP) is 2.73. The highest BCUT2D eigenvalue weighted by Crippen LogP contribution is 2.34. The Bertz CT molecular complexity index is 947. The number of carbonyl (C=O) groups is 2. The summed E-state index contributed by atoms with van der Waals surface area (Å²) in [6.07, 6.45) is 3.72. The fourth-order valence-electron chi connectivity index (χ4n) is 3.20. The summed E-state index contributed by atoms with van der Waals surface area (Å²) in [6.45, 7) is 2.15. The molecule has 1 aliphatic heterocycles. The van der Waals surface area contributed by atoms with E-state index in [0.29, 0.717) is 16.4 Å². The van der Waals surface area contributed by atoms with Crippen molar-refractivity contribution in [2.75, 3.05) is 11.9 Å². The van der Waals surface area contributed by atoms with Crippen LogP contribution in [0.25, 0.3) is 5.65 Å². The van der Waals surface area contributed by atoms with Crippen LogP contribution in [0.15, 0.2) is 36.5 Å². The molecule has 4 rings (SSSR count). The molecule has 1 fully saturated rings. The Morgan fingerprint density at radius 3 is 2.96 bits per heavy atom. The van der Waals surface area contributed by atoms with Crippen LogP contribution in [-0.2, 0) is 4.79 Å². The minimum Gasteiger partial charge on any atom is -0.328 e. The second-order valence-corrected chi connectivity index (χ2v) is 7.07. The van der Waals surface area contributed by atoms with Crippen molar-refractivity contribution in [1.29, 1.82) is 0 Å². The Morgan fingerprint density at radius 2 is 2.12 bits per heavy atom. The molecule has 2 amide bonds. The van der Waals surface area contributed by atoms with Gasteiger partial charge in [-0.15, -0.1) is 21.5 Å². The number of aromatic nitrogens is 3. The van der Waals surface area contributed by atoms with Crippen molar-refractivity contribution in [3.05, 3.63) is 47.2 Å². The lowest BCUT2D eigenvalue weighted by atomic mass is 10.2. The van der Waals surface area contributed by atoms with Gasteiger partial charge < -0.3 is 10.2 Å². The van der Waals surface area contributed by atoms with Gasteiger partial charge in [0.05, 0.1) is 15.9 Å². The van der Waals surface area contributed by atoms with E-state index in [-0.39, 0.29) is 17.9 Å². The number of hydrogen-bond donors (Lipinski definition) is 1. The molecule has 7 nitrogen and oxygen atoms in total. The molecule has 0 saturated carbocycles. The van der Waals surface area contributed by atoms with Crippen LogP contribution in [-0.4, -0.2) is 37.9 Å². The lowest BCUT2D eigenvalue weighted by molar-refractivity contribution is -0.114. The summed E-state index contributed by atoms with van der Waals surface area (Å²) >= 11 is 1.29. The Labute approximate surface area is 148 Å². The van der Waals surface area contributed by atoms with Crippen molar-refractivity contribution >= 4 is 33.8 Å². The summed E-state index contributed by atoms with van der Waals surface area (Å²) in [6, 6.07) is 9.18. The van der Waals surface area contributed by atoms with E-state index in [2.05, 4.69) is 15.5 Å². The van der Waals surface area contributed by atoms with Gasteiger partial charge in [-0.1, -0.05) is 6.07 Å². The zero-order valence-electron chi connectivity index (χ0n) is 13.7. The summed E-state index contributed by atoms with van der Waals surface area (Å²) < 4.78 is 1.94. The first-order valence-electron chi connectivity index (χ1n) is 8.11. The molecule has 25 heavy (non-hydrogen) atoms. The first-order valence-corrected chi connectivity index (χ1v) is 8.93. The van der Waals surface area contributed by atoms with Crippen molar-refractivity contribution in [1.82, 2.24) is 19.5 Å². The number of amides is 2. The summed E-state index contributed by atoms with van der Waals surface area (Å²) in [5.41, 5.74) is 0.779. The van der Waals surface area contributed by atoms with E-state index in [4.69, 9.17) is 0 Å². The topological polar surface area (TPSA) is 79.6 Å². The van der Waals surface area contributed by atoms with Crippen LogP contribution < -0.4 is 5.32 Å². The molecule has 0 aliphatic carbocycles. The fraction of sp³-hybridized carbons (Fsp3) is 0.294. The number of pyridine rings is 1. The van der Waals surface area contributed by atoms with E-state index in [0.717, 1.165) is 24.3 Å². The Kier molecular flexibility index (Phi) is 3.96. The third kappa shape index (κ3) is 2.89. The SMILES string of the molecule is CC(=O)Nc1ccc(C(=O)N2CCC[C@@H]2c2nnc3ccccn23)s1. The zero-order valence-corrected chi connectivity index (χ0v) is 14.5. The largest absolute Gasteiger partial charge is 0.328 e. The maximum Gasteiger partial charge on any atom is 0.264 e. The van der Waals surface area contributed by atoms with E-state index in [1.54, 1.807) is 12.1 Å². The van der Waals surface area contributed by atoms with E-state index < -0.39 is 0 Å². The van der Waals surface area contributed by atoms with Crippen LogP contribution in [0, 0.1) is 0 Å². The molecule has 1 saturated heterocycles. The smallest absolute Gasteiger partial charge is 0.264 e. The molecule has 0 spiro atoms. The van der Waals surface area contributed by atoms with Gasteiger partial charge in [0.1, 0.15) is 0 Å². The van der Waals surface area contributed by atoms with Crippen LogP contribution in [0.5, 0.6) is 0 Å². The van der Waals surface area contributed by atoms with Gasteiger partial charge in [0.2, 0.25) is 5.91 Å². The molecular formula is C17H17N5O2S. The molecule has 1 aliphatic rings. The van der Waals surface area contributed by atoms with Gasteiger partial charge in [-0.05, 0) is 37.1 Å². The minimum absolute atomic E-state index is 0.0308. The van der Waals surface area contributed by atoms with E-state index in [1.807, 2.05) is 33.7 Å². The van der Waals surface area contributed by atoms with Crippen molar-refractivity contribution in [3.63, 3.8) is 0 Å². The molecule has 8 heteroatoms. The molecule has 1 N–H and O–H groups in total. The van der Waals surface area contributed by atoms with Gasteiger partial charge >= 0.3 is 0 Å². The number of carbonyl (C=O) groups excluding carboxylic acids is 2. The fourth-order valence-corrected chi connectivity index (χ4v) is 4.11. The third-order valence-electron chi connectivity index (χ3n) is 4.27. The predicted molar refractivity (Wildman–Crippen MR) is 94.6 cm³/mol. The van der Waals surface area contributed by atoms with Gasteiger partial charge in [0.15, 0.2) is 11.5 Å². The molecule has 4 heterocycles. The maximum absolute atomic E-state index is 13.0.